The maximum atomic E-state index is 12.2. The first-order chi connectivity index (χ1) is 12.6. The Morgan fingerprint density at radius 3 is 2.73 bits per heavy atom. The molecule has 0 radical (unpaired) electrons. The van der Waals surface area contributed by atoms with Crippen LogP contribution in [0, 0.1) is 18.3 Å². The predicted octanol–water partition coefficient (Wildman–Crippen LogP) is 3.57. The number of carbonyl (C=O) groups excluding carboxylic acids is 2. The third kappa shape index (κ3) is 3.95. The average molecular weight is 364 g/mol. The first-order valence-electron chi connectivity index (χ1n) is 8.05. The number of Topliss-reactive ketones (excluding diaryl/α,β-unsaturated/α-hetero) is 1. The largest absolute Gasteiger partial charge is 0.457 e. The van der Waals surface area contributed by atoms with Crippen molar-refractivity contribution in [1.82, 2.24) is 4.98 Å². The molecule has 0 unspecified atom stereocenters. The van der Waals surface area contributed by atoms with Crippen LogP contribution in [0.25, 0.3) is 10.8 Å². The van der Waals surface area contributed by atoms with E-state index in [1.54, 1.807) is 12.3 Å². The fourth-order valence-corrected chi connectivity index (χ4v) is 3.52. The molecule has 3 rings (SSSR count). The second kappa shape index (κ2) is 7.89. The van der Waals surface area contributed by atoms with Crippen molar-refractivity contribution in [3.63, 3.8) is 0 Å². The Kier molecular flexibility index (Phi) is 5.40. The third-order valence-electron chi connectivity index (χ3n) is 3.92. The molecule has 130 valence electrons. The Bertz CT molecular complexity index is 998. The topological polar surface area (TPSA) is 80.0 Å². The number of ether oxygens (including phenoxy) is 1. The minimum Gasteiger partial charge on any atom is -0.457 e. The lowest BCUT2D eigenvalue weighted by molar-refractivity contribution is -0.147. The summed E-state index contributed by atoms with van der Waals surface area (Å²) in [5.74, 6) is -1.96. The van der Waals surface area contributed by atoms with Crippen LogP contribution in [0.3, 0.4) is 0 Å². The number of carbonyl (C=O) groups is 2. The molecule has 0 aliphatic carbocycles. The zero-order valence-electron chi connectivity index (χ0n) is 14.1. The Morgan fingerprint density at radius 2 is 2.00 bits per heavy atom. The fraction of sp³-hybridized carbons (Fsp3) is 0.200. The van der Waals surface area contributed by atoms with E-state index in [1.165, 1.54) is 11.3 Å². The van der Waals surface area contributed by atoms with Gasteiger partial charge in [0.25, 0.3) is 0 Å². The van der Waals surface area contributed by atoms with Crippen LogP contribution >= 0.6 is 11.3 Å². The van der Waals surface area contributed by atoms with Crippen molar-refractivity contribution >= 4 is 33.9 Å². The van der Waals surface area contributed by atoms with Gasteiger partial charge in [0.15, 0.2) is 18.3 Å². The van der Waals surface area contributed by atoms with E-state index in [9.17, 15) is 14.9 Å². The second-order valence-corrected chi connectivity index (χ2v) is 6.72. The predicted molar refractivity (Wildman–Crippen MR) is 98.8 cm³/mol. The molecule has 0 amide bonds. The molecule has 3 aromatic rings. The zero-order valence-corrected chi connectivity index (χ0v) is 15.0. The van der Waals surface area contributed by atoms with Gasteiger partial charge in [-0.3, -0.25) is 9.59 Å². The van der Waals surface area contributed by atoms with Crippen molar-refractivity contribution in [2.75, 3.05) is 6.61 Å². The lowest BCUT2D eigenvalue weighted by Gasteiger charge is -2.08. The molecule has 0 N–H and O–H groups in total. The number of esters is 1. The number of ketones is 1. The highest BCUT2D eigenvalue weighted by molar-refractivity contribution is 7.09. The Hall–Kier alpha value is -3.04. The molecule has 0 aliphatic rings. The van der Waals surface area contributed by atoms with Gasteiger partial charge in [-0.1, -0.05) is 42.5 Å². The molecular formula is C20H16N2O3S. The van der Waals surface area contributed by atoms with E-state index in [0.29, 0.717) is 5.01 Å². The standard InChI is InChI=1S/C20H16N2O3S/c1-13-12-26-20(22-13)17(10-21)18(23)11-25-19(24)9-15-7-4-6-14-5-2-3-8-16(14)15/h2-8,12,17H,9,11H2,1H3/t17-/m1/s1. The molecule has 5 nitrogen and oxygen atoms in total. The van der Waals surface area contributed by atoms with Gasteiger partial charge in [-0.2, -0.15) is 5.26 Å². The maximum Gasteiger partial charge on any atom is 0.310 e. The summed E-state index contributed by atoms with van der Waals surface area (Å²) in [6.45, 7) is 1.36. The van der Waals surface area contributed by atoms with E-state index in [2.05, 4.69) is 4.98 Å². The summed E-state index contributed by atoms with van der Waals surface area (Å²) < 4.78 is 5.11. The van der Waals surface area contributed by atoms with Crippen molar-refractivity contribution in [2.45, 2.75) is 19.3 Å². The highest BCUT2D eigenvalue weighted by atomic mass is 32.1. The molecule has 1 aromatic heterocycles. The van der Waals surface area contributed by atoms with Gasteiger partial charge < -0.3 is 4.74 Å². The number of nitriles is 1. The van der Waals surface area contributed by atoms with Gasteiger partial charge in [0.1, 0.15) is 5.01 Å². The van der Waals surface area contributed by atoms with Crippen LogP contribution in [0.15, 0.2) is 47.8 Å². The van der Waals surface area contributed by atoms with Gasteiger partial charge in [-0.15, -0.1) is 11.3 Å². The van der Waals surface area contributed by atoms with Crippen LogP contribution in [-0.4, -0.2) is 23.3 Å². The molecule has 2 aromatic carbocycles. The van der Waals surface area contributed by atoms with Crippen molar-refractivity contribution < 1.29 is 14.3 Å². The van der Waals surface area contributed by atoms with Crippen LogP contribution in [0.1, 0.15) is 22.2 Å². The lowest BCUT2D eigenvalue weighted by atomic mass is 10.0. The van der Waals surface area contributed by atoms with Gasteiger partial charge in [0.05, 0.1) is 12.5 Å². The third-order valence-corrected chi connectivity index (χ3v) is 4.95. The second-order valence-electron chi connectivity index (χ2n) is 5.83. The summed E-state index contributed by atoms with van der Waals surface area (Å²) in [5.41, 5.74) is 1.60. The maximum absolute atomic E-state index is 12.2. The van der Waals surface area contributed by atoms with E-state index in [-0.39, 0.29) is 6.42 Å². The number of aryl methyl sites for hydroxylation is 1. The minimum absolute atomic E-state index is 0.0716. The van der Waals surface area contributed by atoms with Crippen LogP contribution in [0.5, 0.6) is 0 Å². The number of hydrogen-bond acceptors (Lipinski definition) is 6. The van der Waals surface area contributed by atoms with Crippen molar-refractivity contribution in [1.29, 1.82) is 5.26 Å². The van der Waals surface area contributed by atoms with Crippen LogP contribution < -0.4 is 0 Å². The summed E-state index contributed by atoms with van der Waals surface area (Å²) in [5, 5.41) is 13.5. The molecule has 0 bridgehead atoms. The van der Waals surface area contributed by atoms with Gasteiger partial charge in [-0.05, 0) is 23.3 Å². The molecule has 0 saturated carbocycles. The van der Waals surface area contributed by atoms with Crippen molar-refractivity contribution in [3.8, 4) is 6.07 Å². The van der Waals surface area contributed by atoms with Gasteiger partial charge in [-0.25, -0.2) is 4.98 Å². The molecule has 26 heavy (non-hydrogen) atoms. The highest BCUT2D eigenvalue weighted by Crippen LogP contribution is 2.21. The highest BCUT2D eigenvalue weighted by Gasteiger charge is 2.24. The summed E-state index contributed by atoms with van der Waals surface area (Å²) >= 11 is 1.25. The van der Waals surface area contributed by atoms with Crippen LogP contribution in [0.2, 0.25) is 0 Å². The molecule has 0 spiro atoms. The monoisotopic (exact) mass is 364 g/mol. The Labute approximate surface area is 154 Å². The van der Waals surface area contributed by atoms with E-state index < -0.39 is 24.3 Å². The first-order valence-corrected chi connectivity index (χ1v) is 8.93. The Balaban J connectivity index is 1.63. The molecule has 1 heterocycles. The molecule has 1 atom stereocenters. The van der Waals surface area contributed by atoms with Crippen LogP contribution in [-0.2, 0) is 20.7 Å². The van der Waals surface area contributed by atoms with E-state index >= 15 is 0 Å². The fourth-order valence-electron chi connectivity index (χ4n) is 2.66. The smallest absolute Gasteiger partial charge is 0.310 e. The van der Waals surface area contributed by atoms with Crippen LogP contribution in [0.4, 0.5) is 0 Å². The number of thiazole rings is 1. The van der Waals surface area contributed by atoms with Gasteiger partial charge in [0, 0.05) is 11.1 Å². The quantitative estimate of drug-likeness (QED) is 0.625. The number of rotatable bonds is 6. The molecule has 0 saturated heterocycles. The number of fused-ring (bicyclic) bond motifs is 1. The van der Waals surface area contributed by atoms with Crippen molar-refractivity contribution in [2.24, 2.45) is 0 Å². The lowest BCUT2D eigenvalue weighted by Crippen LogP contribution is -2.20. The summed E-state index contributed by atoms with van der Waals surface area (Å²) in [6.07, 6.45) is 0.0716. The zero-order chi connectivity index (χ0) is 18.5. The van der Waals surface area contributed by atoms with E-state index in [1.807, 2.05) is 48.5 Å². The Morgan fingerprint density at radius 1 is 1.23 bits per heavy atom. The van der Waals surface area contributed by atoms with Gasteiger partial charge >= 0.3 is 5.97 Å². The van der Waals surface area contributed by atoms with Crippen molar-refractivity contribution in [3.05, 3.63) is 64.1 Å². The molecule has 6 heteroatoms. The number of nitrogens with zero attached hydrogens (tertiary/aromatic N) is 2. The first kappa shape index (κ1) is 17.8. The van der Waals surface area contributed by atoms with E-state index in [4.69, 9.17) is 4.74 Å². The molecular weight excluding hydrogens is 348 g/mol. The number of aromatic nitrogens is 1. The SMILES string of the molecule is Cc1csc([C@H](C#N)C(=O)COC(=O)Cc2cccc3ccccc23)n1. The number of hydrogen-bond donors (Lipinski definition) is 0. The molecule has 0 aliphatic heterocycles. The summed E-state index contributed by atoms with van der Waals surface area (Å²) in [6, 6.07) is 15.4. The summed E-state index contributed by atoms with van der Waals surface area (Å²) in [4.78, 5) is 28.5. The minimum atomic E-state index is -1.00. The molecule has 0 fully saturated rings. The summed E-state index contributed by atoms with van der Waals surface area (Å²) in [7, 11) is 0. The van der Waals surface area contributed by atoms with E-state index in [0.717, 1.165) is 22.0 Å². The van der Waals surface area contributed by atoms with Gasteiger partial charge in [0.2, 0.25) is 0 Å². The number of benzene rings is 2. The normalized spacial score (nSPS) is 11.7. The average Bonchev–Trinajstić information content (AvgIpc) is 3.07.